The van der Waals surface area contributed by atoms with Crippen molar-refractivity contribution in [3.63, 3.8) is 0 Å². The molecule has 1 aliphatic rings. The van der Waals surface area contributed by atoms with Crippen LogP contribution in [0.4, 0.5) is 20.7 Å². The van der Waals surface area contributed by atoms with Crippen molar-refractivity contribution in [3.8, 4) is 0 Å². The molecule has 1 aromatic carbocycles. The number of amides is 2. The van der Waals surface area contributed by atoms with Gasteiger partial charge in [-0.05, 0) is 68.0 Å². The number of carbonyl (C=O) groups excluding carboxylic acids is 1. The number of hydrogen-bond donors (Lipinski definition) is 2. The fourth-order valence-electron chi connectivity index (χ4n) is 3.80. The summed E-state index contributed by atoms with van der Waals surface area (Å²) in [5.74, 6) is 0.220. The number of aromatic nitrogens is 1. The Labute approximate surface area is 188 Å². The van der Waals surface area contributed by atoms with Crippen LogP contribution in [0.15, 0.2) is 42.6 Å². The third kappa shape index (κ3) is 6.18. The van der Waals surface area contributed by atoms with Crippen LogP contribution in [-0.2, 0) is 11.3 Å². The summed E-state index contributed by atoms with van der Waals surface area (Å²) in [7, 11) is 0. The van der Waals surface area contributed by atoms with Crippen molar-refractivity contribution in [2.45, 2.75) is 58.7 Å². The molecule has 1 unspecified atom stereocenters. The second kappa shape index (κ2) is 10.4. The van der Waals surface area contributed by atoms with E-state index in [0.717, 1.165) is 17.9 Å². The molecule has 0 saturated heterocycles. The van der Waals surface area contributed by atoms with E-state index in [1.807, 2.05) is 26.0 Å². The molecular formula is C24H31FN4O3. The first kappa shape index (κ1) is 23.5. The van der Waals surface area contributed by atoms with Crippen LogP contribution in [0, 0.1) is 11.7 Å². The molecule has 172 valence electrons. The monoisotopic (exact) mass is 442 g/mol. The smallest absolute Gasteiger partial charge is 0.405 e. The van der Waals surface area contributed by atoms with Gasteiger partial charge < -0.3 is 20.2 Å². The summed E-state index contributed by atoms with van der Waals surface area (Å²) < 4.78 is 13.5. The zero-order valence-corrected chi connectivity index (χ0v) is 18.8. The quantitative estimate of drug-likeness (QED) is 0.569. The summed E-state index contributed by atoms with van der Waals surface area (Å²) in [6.07, 6.45) is 3.20. The molecule has 1 atom stereocenters. The second-order valence-electron chi connectivity index (χ2n) is 8.57. The molecule has 8 heteroatoms. The number of benzene rings is 1. The number of pyridine rings is 1. The molecule has 1 heterocycles. The van der Waals surface area contributed by atoms with E-state index in [1.54, 1.807) is 6.20 Å². The van der Waals surface area contributed by atoms with Crippen LogP contribution in [-0.4, -0.2) is 40.7 Å². The Morgan fingerprint density at radius 2 is 1.88 bits per heavy atom. The minimum absolute atomic E-state index is 0.106. The van der Waals surface area contributed by atoms with Crippen molar-refractivity contribution >= 4 is 23.5 Å². The fraction of sp³-hybridized carbons (Fsp3) is 0.458. The number of anilines is 2. The van der Waals surface area contributed by atoms with Crippen LogP contribution >= 0.6 is 0 Å². The van der Waals surface area contributed by atoms with E-state index in [1.165, 1.54) is 42.0 Å². The molecule has 3 rings (SSSR count). The lowest BCUT2D eigenvalue weighted by atomic mass is 10.0. The number of hydrogen-bond acceptors (Lipinski definition) is 4. The Kier molecular flexibility index (Phi) is 7.66. The van der Waals surface area contributed by atoms with Gasteiger partial charge in [0.25, 0.3) is 0 Å². The molecule has 0 spiro atoms. The Morgan fingerprint density at radius 3 is 2.38 bits per heavy atom. The lowest BCUT2D eigenvalue weighted by molar-refractivity contribution is -0.121. The van der Waals surface area contributed by atoms with Gasteiger partial charge in [-0.25, -0.2) is 14.2 Å². The second-order valence-corrected chi connectivity index (χ2v) is 8.57. The van der Waals surface area contributed by atoms with Gasteiger partial charge in [0.05, 0.1) is 6.54 Å². The van der Waals surface area contributed by atoms with E-state index in [9.17, 15) is 19.1 Å². The number of halogens is 1. The Balaban J connectivity index is 1.86. The molecule has 1 aliphatic carbocycles. The van der Waals surface area contributed by atoms with E-state index < -0.39 is 18.0 Å². The lowest BCUT2D eigenvalue weighted by Gasteiger charge is -2.28. The van der Waals surface area contributed by atoms with Crippen LogP contribution in [0.25, 0.3) is 0 Å². The maximum atomic E-state index is 13.5. The third-order valence-electron chi connectivity index (χ3n) is 5.48. The number of rotatable bonds is 10. The van der Waals surface area contributed by atoms with Crippen LogP contribution < -0.4 is 15.1 Å². The van der Waals surface area contributed by atoms with Gasteiger partial charge >= 0.3 is 6.09 Å². The Hall–Kier alpha value is -3.16. The van der Waals surface area contributed by atoms with Gasteiger partial charge in [-0.2, -0.15) is 0 Å². The molecule has 1 aromatic heterocycles. The molecule has 32 heavy (non-hydrogen) atoms. The molecule has 2 amide bonds. The first-order valence-corrected chi connectivity index (χ1v) is 11.1. The highest BCUT2D eigenvalue weighted by Crippen LogP contribution is 2.30. The molecule has 2 aromatic rings. The fourth-order valence-corrected chi connectivity index (χ4v) is 3.80. The van der Waals surface area contributed by atoms with E-state index >= 15 is 0 Å². The van der Waals surface area contributed by atoms with Gasteiger partial charge in [0, 0.05) is 24.5 Å². The maximum absolute atomic E-state index is 13.5. The summed E-state index contributed by atoms with van der Waals surface area (Å²) in [4.78, 5) is 33.0. The molecule has 1 saturated carbocycles. The Bertz CT molecular complexity index is 914. The van der Waals surface area contributed by atoms with E-state index in [4.69, 9.17) is 0 Å². The lowest BCUT2D eigenvalue weighted by Crippen LogP contribution is -2.48. The molecule has 0 radical (unpaired) electrons. The van der Waals surface area contributed by atoms with Crippen molar-refractivity contribution in [1.82, 2.24) is 10.3 Å². The summed E-state index contributed by atoms with van der Waals surface area (Å²) in [6.45, 7) is 7.04. The number of nitrogens with zero attached hydrogens (tertiary/aromatic N) is 3. The predicted molar refractivity (Wildman–Crippen MR) is 122 cm³/mol. The largest absolute Gasteiger partial charge is 0.465 e. The average molecular weight is 443 g/mol. The van der Waals surface area contributed by atoms with Crippen LogP contribution in [0.2, 0.25) is 0 Å². The van der Waals surface area contributed by atoms with Crippen molar-refractivity contribution in [3.05, 3.63) is 54.0 Å². The molecule has 0 aliphatic heterocycles. The Morgan fingerprint density at radius 1 is 1.19 bits per heavy atom. The molecule has 2 N–H and O–H groups in total. The predicted octanol–water partition coefficient (Wildman–Crippen LogP) is 4.42. The summed E-state index contributed by atoms with van der Waals surface area (Å²) >= 11 is 0. The zero-order valence-electron chi connectivity index (χ0n) is 18.8. The highest BCUT2D eigenvalue weighted by molar-refractivity contribution is 5.98. The standard InChI is InChI=1S/C24H31FN4O3/c1-4-28(19-10-11-19)22-12-5-17(14-26-22)15-29(20-8-6-18(25)7-9-20)23(30)21(13-16(2)3)27-24(31)32/h5-9,12,14,16,19,21,27H,4,10-11,13,15H2,1-3H3,(H,31,32). The van der Waals surface area contributed by atoms with Gasteiger partial charge in [-0.1, -0.05) is 19.9 Å². The molecule has 1 fully saturated rings. The minimum Gasteiger partial charge on any atom is -0.465 e. The average Bonchev–Trinajstić information content (AvgIpc) is 3.58. The van der Waals surface area contributed by atoms with Gasteiger partial charge in [0.2, 0.25) is 5.91 Å². The van der Waals surface area contributed by atoms with Crippen molar-refractivity contribution in [1.29, 1.82) is 0 Å². The normalized spacial score (nSPS) is 14.2. The van der Waals surface area contributed by atoms with E-state index in [0.29, 0.717) is 18.2 Å². The van der Waals surface area contributed by atoms with E-state index in [-0.39, 0.29) is 18.4 Å². The molecule has 0 bridgehead atoms. The first-order chi connectivity index (χ1) is 15.3. The summed E-state index contributed by atoms with van der Waals surface area (Å²) in [6, 6.07) is 9.14. The van der Waals surface area contributed by atoms with Gasteiger partial charge in [0.1, 0.15) is 17.7 Å². The summed E-state index contributed by atoms with van der Waals surface area (Å²) in [5.41, 5.74) is 1.30. The van der Waals surface area contributed by atoms with Gasteiger partial charge in [-0.15, -0.1) is 0 Å². The maximum Gasteiger partial charge on any atom is 0.405 e. The van der Waals surface area contributed by atoms with E-state index in [2.05, 4.69) is 22.1 Å². The van der Waals surface area contributed by atoms with Crippen LogP contribution in [0.3, 0.4) is 0 Å². The highest BCUT2D eigenvalue weighted by Gasteiger charge is 2.30. The SMILES string of the molecule is CCN(c1ccc(CN(C(=O)C(CC(C)C)NC(=O)O)c2ccc(F)cc2)cn1)C1CC1. The molecular weight excluding hydrogens is 411 g/mol. The minimum atomic E-state index is -1.26. The van der Waals surface area contributed by atoms with Crippen LogP contribution in [0.5, 0.6) is 0 Å². The number of nitrogens with one attached hydrogen (secondary N) is 1. The van der Waals surface area contributed by atoms with Crippen molar-refractivity contribution in [2.24, 2.45) is 5.92 Å². The topological polar surface area (TPSA) is 85.8 Å². The zero-order chi connectivity index (χ0) is 23.3. The molecule has 7 nitrogen and oxygen atoms in total. The highest BCUT2D eigenvalue weighted by atomic mass is 19.1. The van der Waals surface area contributed by atoms with Crippen molar-refractivity contribution < 1.29 is 19.1 Å². The van der Waals surface area contributed by atoms with Crippen LogP contribution in [0.1, 0.15) is 45.6 Å². The first-order valence-electron chi connectivity index (χ1n) is 11.1. The van der Waals surface area contributed by atoms with Gasteiger partial charge in [0.15, 0.2) is 0 Å². The summed E-state index contributed by atoms with van der Waals surface area (Å²) in [5, 5.41) is 11.6. The van der Waals surface area contributed by atoms with Gasteiger partial charge in [-0.3, -0.25) is 4.79 Å². The number of carboxylic acid groups (broad SMARTS) is 1. The third-order valence-corrected chi connectivity index (χ3v) is 5.48. The van der Waals surface area contributed by atoms with Crippen molar-refractivity contribution in [2.75, 3.05) is 16.3 Å². The number of carbonyl (C=O) groups is 2.